The fraction of sp³-hybridized carbons (Fsp3) is 0.900. The molecule has 0 radical (unpaired) electrons. The summed E-state index contributed by atoms with van der Waals surface area (Å²) in [6.07, 6.45) is 2.68. The van der Waals surface area contributed by atoms with Gasteiger partial charge in [0, 0.05) is 20.1 Å². The van der Waals surface area contributed by atoms with Gasteiger partial charge in [0.2, 0.25) is 0 Å². The van der Waals surface area contributed by atoms with E-state index in [4.69, 9.17) is 9.47 Å². The Bertz CT molecular complexity index is 252. The van der Waals surface area contributed by atoms with Crippen LogP contribution in [0.2, 0.25) is 0 Å². The highest BCUT2D eigenvalue weighted by Gasteiger charge is 2.61. The van der Waals surface area contributed by atoms with Gasteiger partial charge >= 0.3 is 0 Å². The fourth-order valence-corrected chi connectivity index (χ4v) is 3.98. The third kappa shape index (κ3) is 1.20. The van der Waals surface area contributed by atoms with Gasteiger partial charge < -0.3 is 9.47 Å². The topological polar surface area (TPSA) is 35.5 Å². The minimum Gasteiger partial charge on any atom is -0.354 e. The molecule has 2 saturated carbocycles. The maximum absolute atomic E-state index is 12.0. The van der Waals surface area contributed by atoms with Crippen molar-refractivity contribution in [2.24, 2.45) is 11.8 Å². The van der Waals surface area contributed by atoms with Gasteiger partial charge in [-0.1, -0.05) is 15.9 Å². The van der Waals surface area contributed by atoms with Crippen LogP contribution in [-0.4, -0.2) is 30.6 Å². The highest BCUT2D eigenvalue weighted by atomic mass is 79.9. The number of fused-ring (bicyclic) bond motifs is 2. The van der Waals surface area contributed by atoms with Gasteiger partial charge in [-0.3, -0.25) is 4.79 Å². The van der Waals surface area contributed by atoms with Crippen LogP contribution in [0.4, 0.5) is 0 Å². The SMILES string of the molecule is COC(OC)C1(Br)C(=O)C2CCC1C2. The number of carbonyl (C=O) groups excluding carboxylic acids is 1. The Balaban J connectivity index is 2.26. The van der Waals surface area contributed by atoms with E-state index in [9.17, 15) is 4.79 Å². The predicted molar refractivity (Wildman–Crippen MR) is 55.3 cm³/mol. The van der Waals surface area contributed by atoms with E-state index in [1.165, 1.54) is 0 Å². The molecule has 3 nitrogen and oxygen atoms in total. The molecule has 2 fully saturated rings. The van der Waals surface area contributed by atoms with Crippen LogP contribution in [0.3, 0.4) is 0 Å². The van der Waals surface area contributed by atoms with Gasteiger partial charge in [-0.2, -0.15) is 0 Å². The van der Waals surface area contributed by atoms with E-state index in [1.807, 2.05) is 0 Å². The molecule has 2 rings (SSSR count). The predicted octanol–water partition coefficient (Wildman–Crippen LogP) is 1.74. The van der Waals surface area contributed by atoms with Crippen molar-refractivity contribution in [1.29, 1.82) is 0 Å². The van der Waals surface area contributed by atoms with Crippen molar-refractivity contribution < 1.29 is 14.3 Å². The molecule has 3 atom stereocenters. The highest BCUT2D eigenvalue weighted by Crippen LogP contribution is 2.54. The zero-order chi connectivity index (χ0) is 10.3. The van der Waals surface area contributed by atoms with E-state index in [2.05, 4.69) is 15.9 Å². The first-order chi connectivity index (χ1) is 6.64. The molecule has 2 aliphatic rings. The lowest BCUT2D eigenvalue weighted by Gasteiger charge is -2.35. The summed E-state index contributed by atoms with van der Waals surface area (Å²) in [5.74, 6) is 0.875. The molecule has 0 aliphatic heterocycles. The second kappa shape index (κ2) is 3.58. The molecular formula is C10H15BrO3. The Hall–Kier alpha value is 0.0700. The van der Waals surface area contributed by atoms with Crippen molar-refractivity contribution in [3.63, 3.8) is 0 Å². The third-order valence-corrected chi connectivity index (χ3v) is 4.96. The Morgan fingerprint density at radius 1 is 1.43 bits per heavy atom. The van der Waals surface area contributed by atoms with Crippen molar-refractivity contribution in [3.8, 4) is 0 Å². The standard InChI is InChI=1S/C10H15BrO3/c1-13-9(14-2)10(11)7-4-3-6(5-7)8(10)12/h6-7,9H,3-5H2,1-2H3. The summed E-state index contributed by atoms with van der Waals surface area (Å²) in [5.41, 5.74) is 0. The number of rotatable bonds is 3. The van der Waals surface area contributed by atoms with E-state index in [0.29, 0.717) is 5.92 Å². The summed E-state index contributed by atoms with van der Waals surface area (Å²) >= 11 is 3.56. The van der Waals surface area contributed by atoms with Gasteiger partial charge in [0.15, 0.2) is 12.1 Å². The number of hydrogen-bond acceptors (Lipinski definition) is 3. The van der Waals surface area contributed by atoms with Crippen LogP contribution >= 0.6 is 15.9 Å². The smallest absolute Gasteiger partial charge is 0.179 e. The van der Waals surface area contributed by atoms with Gasteiger partial charge in [0.1, 0.15) is 4.32 Å². The fourth-order valence-electron chi connectivity index (χ4n) is 2.86. The molecule has 0 aromatic rings. The van der Waals surface area contributed by atoms with Gasteiger partial charge in [0.25, 0.3) is 0 Å². The lowest BCUT2D eigenvalue weighted by Crippen LogP contribution is -2.50. The zero-order valence-electron chi connectivity index (χ0n) is 8.46. The van der Waals surface area contributed by atoms with Crippen LogP contribution in [0.1, 0.15) is 19.3 Å². The number of hydrogen-bond donors (Lipinski definition) is 0. The molecule has 2 bridgehead atoms. The molecule has 80 valence electrons. The zero-order valence-corrected chi connectivity index (χ0v) is 10.0. The van der Waals surface area contributed by atoms with Crippen LogP contribution in [-0.2, 0) is 14.3 Å². The van der Waals surface area contributed by atoms with Crippen molar-refractivity contribution in [3.05, 3.63) is 0 Å². The van der Waals surface area contributed by atoms with Crippen molar-refractivity contribution in [2.45, 2.75) is 29.9 Å². The largest absolute Gasteiger partial charge is 0.354 e. The number of halogens is 1. The quantitative estimate of drug-likeness (QED) is 0.574. The number of alkyl halides is 1. The van der Waals surface area contributed by atoms with Gasteiger partial charge in [0.05, 0.1) is 0 Å². The van der Waals surface area contributed by atoms with E-state index in [-0.39, 0.29) is 11.7 Å². The summed E-state index contributed by atoms with van der Waals surface area (Å²) in [4.78, 5) is 12.0. The minimum atomic E-state index is -0.584. The van der Waals surface area contributed by atoms with E-state index in [0.717, 1.165) is 19.3 Å². The maximum Gasteiger partial charge on any atom is 0.179 e. The molecule has 3 unspecified atom stereocenters. The Labute approximate surface area is 92.3 Å². The van der Waals surface area contributed by atoms with Crippen molar-refractivity contribution in [1.82, 2.24) is 0 Å². The number of carbonyl (C=O) groups is 1. The first-order valence-electron chi connectivity index (χ1n) is 4.93. The summed E-state index contributed by atoms with van der Waals surface area (Å²) in [6.45, 7) is 0. The van der Waals surface area contributed by atoms with Gasteiger partial charge in [-0.05, 0) is 25.2 Å². The normalized spacial score (nSPS) is 41.3. The van der Waals surface area contributed by atoms with Gasteiger partial charge in [-0.25, -0.2) is 0 Å². The van der Waals surface area contributed by atoms with Crippen LogP contribution in [0.25, 0.3) is 0 Å². The molecule has 0 amide bonds. The molecule has 2 aliphatic carbocycles. The Kier molecular flexibility index (Phi) is 2.70. The van der Waals surface area contributed by atoms with Crippen molar-refractivity contribution >= 4 is 21.7 Å². The Morgan fingerprint density at radius 3 is 2.50 bits per heavy atom. The average Bonchev–Trinajstić information content (AvgIpc) is 2.73. The molecular weight excluding hydrogens is 248 g/mol. The molecule has 0 aromatic heterocycles. The monoisotopic (exact) mass is 262 g/mol. The molecule has 4 heteroatoms. The molecule has 0 heterocycles. The number of methoxy groups -OCH3 is 2. The summed E-state index contributed by atoms with van der Waals surface area (Å²) < 4.78 is 9.86. The first kappa shape index (κ1) is 10.6. The molecule has 0 saturated heterocycles. The van der Waals surface area contributed by atoms with E-state index in [1.54, 1.807) is 14.2 Å². The van der Waals surface area contributed by atoms with E-state index < -0.39 is 10.6 Å². The van der Waals surface area contributed by atoms with Crippen LogP contribution < -0.4 is 0 Å². The van der Waals surface area contributed by atoms with Crippen LogP contribution in [0.5, 0.6) is 0 Å². The maximum atomic E-state index is 12.0. The summed E-state index contributed by atoms with van der Waals surface area (Å²) in [5, 5.41) is 0. The van der Waals surface area contributed by atoms with Crippen LogP contribution in [0, 0.1) is 11.8 Å². The summed E-state index contributed by atoms with van der Waals surface area (Å²) in [7, 11) is 3.16. The minimum absolute atomic E-state index is 0.229. The van der Waals surface area contributed by atoms with E-state index >= 15 is 0 Å². The highest BCUT2D eigenvalue weighted by molar-refractivity contribution is 9.10. The molecule has 0 aromatic carbocycles. The third-order valence-electron chi connectivity index (χ3n) is 3.55. The second-order valence-electron chi connectivity index (χ2n) is 4.14. The summed E-state index contributed by atoms with van der Waals surface area (Å²) in [6, 6.07) is 0. The Morgan fingerprint density at radius 2 is 2.07 bits per heavy atom. The number of ketones is 1. The first-order valence-corrected chi connectivity index (χ1v) is 5.72. The molecule has 14 heavy (non-hydrogen) atoms. The average molecular weight is 263 g/mol. The lowest BCUT2D eigenvalue weighted by molar-refractivity contribution is -0.152. The number of Topliss-reactive ketones (excluding diaryl/α,β-unsaturated/α-hetero) is 1. The second-order valence-corrected chi connectivity index (χ2v) is 5.45. The molecule has 0 N–H and O–H groups in total. The molecule has 0 spiro atoms. The van der Waals surface area contributed by atoms with Crippen LogP contribution in [0.15, 0.2) is 0 Å². The lowest BCUT2D eigenvalue weighted by atomic mass is 9.87. The van der Waals surface area contributed by atoms with Gasteiger partial charge in [-0.15, -0.1) is 0 Å². The van der Waals surface area contributed by atoms with Crippen molar-refractivity contribution in [2.75, 3.05) is 14.2 Å². The number of ether oxygens (including phenoxy) is 2.